The summed E-state index contributed by atoms with van der Waals surface area (Å²) in [7, 11) is 0. The molecule has 1 aliphatic rings. The van der Waals surface area contributed by atoms with Crippen LogP contribution >= 0.6 is 0 Å². The molecular weight excluding hydrogens is 290 g/mol. The second-order valence-electron chi connectivity index (χ2n) is 8.24. The van der Waals surface area contributed by atoms with Gasteiger partial charge in [0.15, 0.2) is 0 Å². The Hall–Kier alpha value is -1.39. The van der Waals surface area contributed by atoms with Gasteiger partial charge in [0.1, 0.15) is 11.8 Å². The molecule has 0 bridgehead atoms. The summed E-state index contributed by atoms with van der Waals surface area (Å²) in [6.45, 7) is 12.9. The summed E-state index contributed by atoms with van der Waals surface area (Å²) in [6, 6.07) is 10.3. The molecule has 0 saturated carbocycles. The van der Waals surface area contributed by atoms with E-state index in [2.05, 4.69) is 37.8 Å². The number of ether oxygens (including phenoxy) is 2. The number of esters is 1. The molecule has 1 heterocycles. The highest BCUT2D eigenvalue weighted by atomic mass is 16.6. The van der Waals surface area contributed by atoms with Crippen molar-refractivity contribution in [1.29, 1.82) is 0 Å². The Morgan fingerprint density at radius 1 is 1.17 bits per heavy atom. The molecule has 0 amide bonds. The molecule has 23 heavy (non-hydrogen) atoms. The van der Waals surface area contributed by atoms with E-state index >= 15 is 0 Å². The molecule has 1 aromatic rings. The molecule has 2 atom stereocenters. The summed E-state index contributed by atoms with van der Waals surface area (Å²) in [5.74, 6) is -0.210. The molecule has 1 aliphatic heterocycles. The number of hydrogen-bond donors (Lipinski definition) is 0. The Morgan fingerprint density at radius 2 is 1.78 bits per heavy atom. The Bertz CT molecular complexity index is 528. The molecule has 4 heteroatoms. The molecule has 0 radical (unpaired) electrons. The highest BCUT2D eigenvalue weighted by Crippen LogP contribution is 2.38. The van der Waals surface area contributed by atoms with Crippen LogP contribution < -0.4 is 0 Å². The van der Waals surface area contributed by atoms with E-state index in [1.54, 1.807) is 0 Å². The topological polar surface area (TPSA) is 38.8 Å². The Morgan fingerprint density at radius 3 is 2.30 bits per heavy atom. The van der Waals surface area contributed by atoms with E-state index in [0.29, 0.717) is 6.61 Å². The van der Waals surface area contributed by atoms with Crippen LogP contribution in [0.2, 0.25) is 0 Å². The maximum Gasteiger partial charge on any atom is 0.320 e. The van der Waals surface area contributed by atoms with Crippen molar-refractivity contribution in [3.05, 3.63) is 35.9 Å². The fourth-order valence-corrected chi connectivity index (χ4v) is 2.96. The second kappa shape index (κ2) is 6.62. The summed E-state index contributed by atoms with van der Waals surface area (Å²) in [6.07, 6.45) is -0.111. The number of rotatable bonds is 3. The zero-order chi connectivity index (χ0) is 17.3. The molecule has 0 spiro atoms. The lowest BCUT2D eigenvalue weighted by Gasteiger charge is -2.35. The molecule has 1 aromatic carbocycles. The summed E-state index contributed by atoms with van der Waals surface area (Å²) in [5.41, 5.74) is 0.616. The first-order chi connectivity index (χ1) is 10.6. The van der Waals surface area contributed by atoms with Crippen molar-refractivity contribution in [3.8, 4) is 0 Å². The van der Waals surface area contributed by atoms with Gasteiger partial charge in [-0.3, -0.25) is 9.69 Å². The van der Waals surface area contributed by atoms with Gasteiger partial charge in [0, 0.05) is 5.41 Å². The number of carbonyl (C=O) groups is 1. The van der Waals surface area contributed by atoms with E-state index in [1.807, 2.05) is 39.0 Å². The van der Waals surface area contributed by atoms with Gasteiger partial charge in [0.25, 0.3) is 0 Å². The van der Waals surface area contributed by atoms with Gasteiger partial charge in [-0.15, -0.1) is 0 Å². The lowest BCUT2D eigenvalue weighted by Crippen LogP contribution is -2.45. The molecular formula is C19H29NO3. The summed E-state index contributed by atoms with van der Waals surface area (Å²) < 4.78 is 11.6. The summed E-state index contributed by atoms with van der Waals surface area (Å²) >= 11 is 0. The minimum atomic E-state index is -0.475. The second-order valence-corrected chi connectivity index (χ2v) is 8.24. The zero-order valence-electron chi connectivity index (χ0n) is 15.1. The molecule has 0 aliphatic carbocycles. The van der Waals surface area contributed by atoms with Crippen molar-refractivity contribution >= 4 is 5.97 Å². The van der Waals surface area contributed by atoms with Gasteiger partial charge in [-0.25, -0.2) is 0 Å². The van der Waals surface area contributed by atoms with E-state index in [1.165, 1.54) is 5.56 Å². The van der Waals surface area contributed by atoms with E-state index < -0.39 is 5.60 Å². The van der Waals surface area contributed by atoms with Crippen molar-refractivity contribution in [2.24, 2.45) is 5.41 Å². The van der Waals surface area contributed by atoms with Gasteiger partial charge in [0.2, 0.25) is 0 Å². The highest BCUT2D eigenvalue weighted by Gasteiger charge is 2.43. The third-order valence-electron chi connectivity index (χ3n) is 3.77. The predicted molar refractivity (Wildman–Crippen MR) is 90.9 cm³/mol. The fourth-order valence-electron chi connectivity index (χ4n) is 2.96. The quantitative estimate of drug-likeness (QED) is 0.795. The monoisotopic (exact) mass is 319 g/mol. The first kappa shape index (κ1) is 18.0. The Kier molecular flexibility index (Phi) is 5.17. The first-order valence-electron chi connectivity index (χ1n) is 8.22. The minimum Gasteiger partial charge on any atom is -0.459 e. The van der Waals surface area contributed by atoms with Crippen LogP contribution in [0, 0.1) is 5.41 Å². The molecule has 0 aromatic heterocycles. The summed E-state index contributed by atoms with van der Waals surface area (Å²) in [5, 5.41) is 0. The normalized spacial score (nSPS) is 23.0. The molecule has 1 fully saturated rings. The van der Waals surface area contributed by atoms with Crippen molar-refractivity contribution in [2.75, 3.05) is 13.2 Å². The number of benzene rings is 1. The van der Waals surface area contributed by atoms with Gasteiger partial charge in [-0.2, -0.15) is 0 Å². The predicted octanol–water partition coefficient (Wildman–Crippen LogP) is 3.77. The highest BCUT2D eigenvalue weighted by molar-refractivity contribution is 5.72. The van der Waals surface area contributed by atoms with Crippen LogP contribution in [0.3, 0.4) is 0 Å². The minimum absolute atomic E-state index is 0.0768. The summed E-state index contributed by atoms with van der Waals surface area (Å²) in [4.78, 5) is 14.5. The van der Waals surface area contributed by atoms with E-state index in [4.69, 9.17) is 9.47 Å². The third kappa shape index (κ3) is 4.79. The van der Waals surface area contributed by atoms with Crippen LogP contribution in [0.25, 0.3) is 0 Å². The fraction of sp³-hybridized carbons (Fsp3) is 0.632. The zero-order valence-corrected chi connectivity index (χ0v) is 15.1. The van der Waals surface area contributed by atoms with Gasteiger partial charge in [-0.05, 0) is 26.3 Å². The van der Waals surface area contributed by atoms with E-state index in [0.717, 1.165) is 0 Å². The lowest BCUT2D eigenvalue weighted by atomic mass is 9.92. The van der Waals surface area contributed by atoms with E-state index in [9.17, 15) is 4.79 Å². The van der Waals surface area contributed by atoms with E-state index in [-0.39, 0.29) is 30.2 Å². The largest absolute Gasteiger partial charge is 0.459 e. The number of hydrogen-bond acceptors (Lipinski definition) is 4. The van der Waals surface area contributed by atoms with Gasteiger partial charge >= 0.3 is 5.97 Å². The molecule has 1 saturated heterocycles. The number of carbonyl (C=O) groups excluding carboxylic acids is 1. The van der Waals surface area contributed by atoms with Crippen molar-refractivity contribution in [2.45, 2.75) is 59.4 Å². The molecule has 0 N–H and O–H groups in total. The maximum absolute atomic E-state index is 12.3. The average molecular weight is 319 g/mol. The maximum atomic E-state index is 12.3. The lowest BCUT2D eigenvalue weighted by molar-refractivity contribution is -0.159. The van der Waals surface area contributed by atoms with Crippen LogP contribution in [0.5, 0.6) is 0 Å². The number of nitrogens with zero attached hydrogens (tertiary/aromatic N) is 1. The van der Waals surface area contributed by atoms with Crippen LogP contribution in [-0.4, -0.2) is 35.8 Å². The molecule has 128 valence electrons. The first-order valence-corrected chi connectivity index (χ1v) is 8.22. The third-order valence-corrected chi connectivity index (χ3v) is 3.77. The van der Waals surface area contributed by atoms with Crippen LogP contribution in [-0.2, 0) is 14.3 Å². The average Bonchev–Trinajstić information content (AvgIpc) is 2.81. The molecule has 2 rings (SSSR count). The Balaban J connectivity index is 2.21. The van der Waals surface area contributed by atoms with Crippen molar-refractivity contribution in [3.63, 3.8) is 0 Å². The molecule has 4 nitrogen and oxygen atoms in total. The van der Waals surface area contributed by atoms with Crippen LogP contribution in [0.1, 0.15) is 53.1 Å². The van der Waals surface area contributed by atoms with Crippen LogP contribution in [0.15, 0.2) is 30.3 Å². The van der Waals surface area contributed by atoms with Gasteiger partial charge in [-0.1, -0.05) is 51.1 Å². The SMILES string of the molecule is CC(C)(C)OC(=O)CN1[C@H](C(C)(C)C)OC[C@H]1c1ccccc1. The van der Waals surface area contributed by atoms with Gasteiger partial charge in [0.05, 0.1) is 19.2 Å². The standard InChI is InChI=1S/C19H29NO3/c1-18(2,3)17-20(12-16(21)23-19(4,5)6)15(13-22-17)14-10-8-7-9-11-14/h7-11,15,17H,12-13H2,1-6H3/t15-,17-/m0/s1. The Labute approximate surface area is 139 Å². The van der Waals surface area contributed by atoms with Crippen molar-refractivity contribution < 1.29 is 14.3 Å². The van der Waals surface area contributed by atoms with Gasteiger partial charge < -0.3 is 9.47 Å². The van der Waals surface area contributed by atoms with Crippen molar-refractivity contribution in [1.82, 2.24) is 4.90 Å². The molecule has 0 unspecified atom stereocenters. The smallest absolute Gasteiger partial charge is 0.320 e. The van der Waals surface area contributed by atoms with Crippen LogP contribution in [0.4, 0.5) is 0 Å².